The van der Waals surface area contributed by atoms with Gasteiger partial charge in [0.15, 0.2) is 11.8 Å². The van der Waals surface area contributed by atoms with E-state index in [1.165, 1.54) is 44.9 Å². The molecule has 2 rings (SSSR count). The smallest absolute Gasteiger partial charge is 0.191 e. The fourth-order valence-electron chi connectivity index (χ4n) is 3.04. The van der Waals surface area contributed by atoms with E-state index in [1.54, 1.807) is 0 Å². The number of unbranched alkanes of at least 4 members (excludes halogenated alkanes) is 3. The van der Waals surface area contributed by atoms with Gasteiger partial charge in [0.1, 0.15) is 5.82 Å². The predicted molar refractivity (Wildman–Crippen MR) is 94.5 cm³/mol. The third kappa shape index (κ3) is 5.52. The maximum Gasteiger partial charge on any atom is 0.191 e. The maximum absolute atomic E-state index is 4.32. The Morgan fingerprint density at radius 1 is 1.26 bits per heavy atom. The quantitative estimate of drug-likeness (QED) is 0.439. The van der Waals surface area contributed by atoms with Crippen LogP contribution in [0, 0.1) is 0 Å². The number of hydrogen-bond donors (Lipinski definition) is 2. The molecule has 0 aromatic carbocycles. The number of aryl methyl sites for hydroxylation is 1. The highest BCUT2D eigenvalue weighted by atomic mass is 15.3. The highest BCUT2D eigenvalue weighted by Gasteiger charge is 2.15. The van der Waals surface area contributed by atoms with Crippen molar-refractivity contribution in [3.8, 4) is 0 Å². The lowest BCUT2D eigenvalue weighted by atomic mass is 10.1. The summed E-state index contributed by atoms with van der Waals surface area (Å²) in [4.78, 5) is 4.32. The summed E-state index contributed by atoms with van der Waals surface area (Å²) in [5, 5.41) is 15.5. The average molecular weight is 320 g/mol. The van der Waals surface area contributed by atoms with Crippen LogP contribution in [0.2, 0.25) is 0 Å². The molecule has 1 aromatic rings. The molecule has 0 saturated carbocycles. The molecule has 0 fully saturated rings. The van der Waals surface area contributed by atoms with E-state index >= 15 is 0 Å². The molecule has 6 nitrogen and oxygen atoms in total. The molecule has 0 amide bonds. The predicted octanol–water partition coefficient (Wildman–Crippen LogP) is 2.64. The first kappa shape index (κ1) is 17.8. The molecule has 2 N–H and O–H groups in total. The van der Waals surface area contributed by atoms with Crippen LogP contribution >= 0.6 is 0 Å². The third-order valence-electron chi connectivity index (χ3n) is 4.45. The van der Waals surface area contributed by atoms with Crippen molar-refractivity contribution in [2.24, 2.45) is 4.99 Å². The van der Waals surface area contributed by atoms with E-state index in [1.807, 2.05) is 7.05 Å². The largest absolute Gasteiger partial charge is 0.354 e. The van der Waals surface area contributed by atoms with Gasteiger partial charge < -0.3 is 15.2 Å². The third-order valence-corrected chi connectivity index (χ3v) is 4.45. The molecule has 1 unspecified atom stereocenters. The summed E-state index contributed by atoms with van der Waals surface area (Å²) in [5.41, 5.74) is 0. The van der Waals surface area contributed by atoms with E-state index in [9.17, 15) is 0 Å². The zero-order valence-corrected chi connectivity index (χ0v) is 14.9. The Kier molecular flexibility index (Phi) is 7.36. The Bertz CT molecular complexity index is 493. The summed E-state index contributed by atoms with van der Waals surface area (Å²) in [7, 11) is 1.82. The second kappa shape index (κ2) is 9.53. The molecule has 1 atom stereocenters. The monoisotopic (exact) mass is 320 g/mol. The summed E-state index contributed by atoms with van der Waals surface area (Å²) < 4.78 is 2.25. The molecule has 23 heavy (non-hydrogen) atoms. The maximum atomic E-state index is 4.32. The number of aliphatic imine (C=N–C) groups is 1. The second-order valence-electron chi connectivity index (χ2n) is 6.46. The Morgan fingerprint density at radius 2 is 2.13 bits per heavy atom. The van der Waals surface area contributed by atoms with E-state index < -0.39 is 0 Å². The Morgan fingerprint density at radius 3 is 2.91 bits per heavy atom. The Hall–Kier alpha value is -1.59. The molecular formula is C17H32N6. The van der Waals surface area contributed by atoms with Crippen LogP contribution in [0.3, 0.4) is 0 Å². The number of nitrogens with zero attached hydrogens (tertiary/aromatic N) is 4. The zero-order valence-electron chi connectivity index (χ0n) is 14.9. The van der Waals surface area contributed by atoms with Gasteiger partial charge in [-0.25, -0.2) is 0 Å². The van der Waals surface area contributed by atoms with Crippen LogP contribution in [-0.2, 0) is 19.5 Å². The first-order chi connectivity index (χ1) is 11.2. The topological polar surface area (TPSA) is 67.1 Å². The van der Waals surface area contributed by atoms with Crippen LogP contribution in [0.1, 0.15) is 70.4 Å². The molecule has 0 aliphatic carbocycles. The molecule has 130 valence electrons. The summed E-state index contributed by atoms with van der Waals surface area (Å²) >= 11 is 0. The molecule has 0 spiro atoms. The molecule has 1 aliphatic heterocycles. The van der Waals surface area contributed by atoms with Gasteiger partial charge in [0.25, 0.3) is 0 Å². The lowest BCUT2D eigenvalue weighted by Gasteiger charge is -2.19. The molecule has 2 heterocycles. The van der Waals surface area contributed by atoms with E-state index in [0.717, 1.165) is 30.6 Å². The van der Waals surface area contributed by atoms with Gasteiger partial charge in [-0.3, -0.25) is 4.99 Å². The van der Waals surface area contributed by atoms with Crippen molar-refractivity contribution in [1.82, 2.24) is 25.4 Å². The lowest BCUT2D eigenvalue weighted by Crippen LogP contribution is -2.42. The number of rotatable bonds is 8. The van der Waals surface area contributed by atoms with Crippen molar-refractivity contribution >= 4 is 5.96 Å². The van der Waals surface area contributed by atoms with Gasteiger partial charge in [-0.1, -0.05) is 32.6 Å². The highest BCUT2D eigenvalue weighted by Crippen LogP contribution is 2.13. The Labute approximate surface area is 140 Å². The zero-order chi connectivity index (χ0) is 16.5. The lowest BCUT2D eigenvalue weighted by molar-refractivity contribution is 0.502. The van der Waals surface area contributed by atoms with Crippen LogP contribution in [-0.4, -0.2) is 33.8 Å². The van der Waals surface area contributed by atoms with E-state index in [4.69, 9.17) is 0 Å². The molecule has 0 saturated heterocycles. The molecule has 6 heteroatoms. The number of aromatic nitrogens is 3. The summed E-state index contributed by atoms with van der Waals surface area (Å²) in [6, 6.07) is 0.436. The normalized spacial score (nSPS) is 16.0. The van der Waals surface area contributed by atoms with Crippen LogP contribution in [0.5, 0.6) is 0 Å². The van der Waals surface area contributed by atoms with Crippen molar-refractivity contribution < 1.29 is 0 Å². The molecule has 0 radical (unpaired) electrons. The number of nitrogens with one attached hydrogen (secondary N) is 2. The van der Waals surface area contributed by atoms with Gasteiger partial charge in [0.05, 0.1) is 6.54 Å². The van der Waals surface area contributed by atoms with E-state index in [-0.39, 0.29) is 0 Å². The van der Waals surface area contributed by atoms with Gasteiger partial charge in [0, 0.05) is 26.1 Å². The standard InChI is InChI=1S/C17H32N6/c1-4-5-6-7-10-14(2)20-17(18-3)19-13-16-22-21-15-11-8-9-12-23(15)16/h14H,4-13H2,1-3H3,(H2,18,19,20). The number of fused-ring (bicyclic) bond motifs is 1. The van der Waals surface area contributed by atoms with Crippen molar-refractivity contribution in [3.05, 3.63) is 11.6 Å². The van der Waals surface area contributed by atoms with Crippen LogP contribution < -0.4 is 10.6 Å². The van der Waals surface area contributed by atoms with Gasteiger partial charge in [-0.2, -0.15) is 0 Å². The van der Waals surface area contributed by atoms with Gasteiger partial charge in [0.2, 0.25) is 0 Å². The first-order valence-electron chi connectivity index (χ1n) is 9.12. The molecule has 1 aromatic heterocycles. The van der Waals surface area contributed by atoms with Crippen LogP contribution in [0.15, 0.2) is 4.99 Å². The summed E-state index contributed by atoms with van der Waals surface area (Å²) in [6.07, 6.45) is 9.89. The van der Waals surface area contributed by atoms with Gasteiger partial charge >= 0.3 is 0 Å². The fourth-order valence-corrected chi connectivity index (χ4v) is 3.04. The highest BCUT2D eigenvalue weighted by molar-refractivity contribution is 5.79. The van der Waals surface area contributed by atoms with Gasteiger partial charge in [-0.05, 0) is 26.2 Å². The number of guanidine groups is 1. The van der Waals surface area contributed by atoms with Crippen molar-refractivity contribution in [2.75, 3.05) is 7.05 Å². The minimum absolute atomic E-state index is 0.436. The molecular weight excluding hydrogens is 288 g/mol. The van der Waals surface area contributed by atoms with Gasteiger partial charge in [-0.15, -0.1) is 10.2 Å². The molecule has 0 bridgehead atoms. The number of hydrogen-bond acceptors (Lipinski definition) is 3. The minimum Gasteiger partial charge on any atom is -0.354 e. The minimum atomic E-state index is 0.436. The Balaban J connectivity index is 1.75. The van der Waals surface area contributed by atoms with Crippen molar-refractivity contribution in [1.29, 1.82) is 0 Å². The van der Waals surface area contributed by atoms with E-state index in [2.05, 4.69) is 44.2 Å². The fraction of sp³-hybridized carbons (Fsp3) is 0.824. The summed E-state index contributed by atoms with van der Waals surface area (Å²) in [6.45, 7) is 6.18. The van der Waals surface area contributed by atoms with Crippen molar-refractivity contribution in [2.45, 2.75) is 84.3 Å². The van der Waals surface area contributed by atoms with E-state index in [0.29, 0.717) is 12.6 Å². The van der Waals surface area contributed by atoms with Crippen LogP contribution in [0.25, 0.3) is 0 Å². The van der Waals surface area contributed by atoms with Crippen molar-refractivity contribution in [3.63, 3.8) is 0 Å². The summed E-state index contributed by atoms with van der Waals surface area (Å²) in [5.74, 6) is 2.99. The molecule has 1 aliphatic rings. The second-order valence-corrected chi connectivity index (χ2v) is 6.46. The first-order valence-corrected chi connectivity index (χ1v) is 9.12. The average Bonchev–Trinajstić information content (AvgIpc) is 2.99. The SMILES string of the molecule is CCCCCCC(C)NC(=NC)NCc1nnc2n1CCCC2. The van der Waals surface area contributed by atoms with Crippen LogP contribution in [0.4, 0.5) is 0 Å².